The monoisotopic (exact) mass is 348 g/mol. The smallest absolute Gasteiger partial charge is 0.335 e. The van der Waals surface area contributed by atoms with Crippen LogP contribution in [0.4, 0.5) is 0 Å². The Hall–Kier alpha value is -2.42. The Morgan fingerprint density at radius 1 is 1.36 bits per heavy atom. The average molecular weight is 348 g/mol. The summed E-state index contributed by atoms with van der Waals surface area (Å²) in [7, 11) is 1.23. The molecule has 0 saturated carbocycles. The molecule has 1 amide bonds. The summed E-state index contributed by atoms with van der Waals surface area (Å²) in [5.74, 6) is -1.11. The largest absolute Gasteiger partial charge is 0.467 e. The Balaban J connectivity index is 2.04. The Kier molecular flexibility index (Phi) is 4.76. The van der Waals surface area contributed by atoms with Crippen LogP contribution < -0.4 is 5.73 Å². The molecule has 2 heterocycles. The SMILES string of the molecule is COC(=O)[C@H]1C[C@@H](O)[C@H](O)[C@H](n2cc(CC(N)=O)c3ccccc32)O1. The molecule has 1 aromatic heterocycles. The molecule has 1 aromatic carbocycles. The van der Waals surface area contributed by atoms with Crippen LogP contribution in [0.3, 0.4) is 0 Å². The average Bonchev–Trinajstić information content (AvgIpc) is 2.94. The maximum atomic E-state index is 11.8. The number of hydrogen-bond donors (Lipinski definition) is 3. The number of hydrogen-bond acceptors (Lipinski definition) is 6. The molecule has 8 nitrogen and oxygen atoms in total. The molecular formula is C17H20N2O6. The predicted molar refractivity (Wildman–Crippen MR) is 87.4 cm³/mol. The number of esters is 1. The highest BCUT2D eigenvalue weighted by atomic mass is 16.6. The fraction of sp³-hybridized carbons (Fsp3) is 0.412. The molecule has 1 aliphatic rings. The van der Waals surface area contributed by atoms with Crippen molar-refractivity contribution in [1.82, 2.24) is 4.57 Å². The van der Waals surface area contributed by atoms with Crippen molar-refractivity contribution in [2.24, 2.45) is 5.73 Å². The molecule has 25 heavy (non-hydrogen) atoms. The Bertz CT molecular complexity index is 802. The molecular weight excluding hydrogens is 328 g/mol. The molecule has 0 bridgehead atoms. The summed E-state index contributed by atoms with van der Waals surface area (Å²) in [6.07, 6.45) is -2.76. The minimum Gasteiger partial charge on any atom is -0.467 e. The van der Waals surface area contributed by atoms with Gasteiger partial charge in [-0.05, 0) is 11.6 Å². The highest BCUT2D eigenvalue weighted by Gasteiger charge is 2.41. The van der Waals surface area contributed by atoms with Gasteiger partial charge < -0.3 is 30.0 Å². The number of ether oxygens (including phenoxy) is 2. The number of nitrogens with two attached hydrogens (primary N) is 1. The summed E-state index contributed by atoms with van der Waals surface area (Å²) >= 11 is 0. The first kappa shape index (κ1) is 17.4. The first-order valence-corrected chi connectivity index (χ1v) is 7.88. The summed E-state index contributed by atoms with van der Waals surface area (Å²) in [6, 6.07) is 7.25. The lowest BCUT2D eigenvalue weighted by Crippen LogP contribution is -2.48. The maximum Gasteiger partial charge on any atom is 0.335 e. The van der Waals surface area contributed by atoms with Gasteiger partial charge >= 0.3 is 5.97 Å². The third-order valence-electron chi connectivity index (χ3n) is 4.37. The Labute approximate surface area is 143 Å². The van der Waals surface area contributed by atoms with E-state index in [-0.39, 0.29) is 12.8 Å². The molecule has 4 atom stereocenters. The van der Waals surface area contributed by atoms with Crippen molar-refractivity contribution in [3.8, 4) is 0 Å². The topological polar surface area (TPSA) is 124 Å². The third-order valence-corrected chi connectivity index (χ3v) is 4.37. The number of para-hydroxylation sites is 1. The summed E-state index contributed by atoms with van der Waals surface area (Å²) in [5.41, 5.74) is 6.67. The van der Waals surface area contributed by atoms with Gasteiger partial charge in [-0.1, -0.05) is 18.2 Å². The van der Waals surface area contributed by atoms with Crippen molar-refractivity contribution in [3.05, 3.63) is 36.0 Å². The van der Waals surface area contributed by atoms with E-state index in [1.807, 2.05) is 12.1 Å². The molecule has 1 saturated heterocycles. The summed E-state index contributed by atoms with van der Waals surface area (Å²) in [4.78, 5) is 23.1. The van der Waals surface area contributed by atoms with Crippen molar-refractivity contribution in [2.45, 2.75) is 37.4 Å². The number of benzene rings is 1. The van der Waals surface area contributed by atoms with Crippen LogP contribution in [-0.2, 0) is 25.5 Å². The lowest BCUT2D eigenvalue weighted by atomic mass is 10.0. The van der Waals surface area contributed by atoms with E-state index < -0.39 is 36.4 Å². The van der Waals surface area contributed by atoms with E-state index in [0.717, 1.165) is 5.39 Å². The summed E-state index contributed by atoms with van der Waals surface area (Å²) in [6.45, 7) is 0. The van der Waals surface area contributed by atoms with Crippen molar-refractivity contribution in [3.63, 3.8) is 0 Å². The zero-order valence-corrected chi connectivity index (χ0v) is 13.7. The number of aliphatic hydroxyl groups excluding tert-OH is 2. The molecule has 1 aliphatic heterocycles. The second-order valence-corrected chi connectivity index (χ2v) is 6.05. The van der Waals surface area contributed by atoms with Crippen LogP contribution in [-0.4, -0.2) is 52.1 Å². The standard InChI is InChI=1S/C17H20N2O6/c1-24-17(23)13-7-12(20)15(22)16(25-13)19-8-9(6-14(18)21)10-4-2-3-5-11(10)19/h2-5,8,12-13,15-16,20,22H,6-7H2,1H3,(H2,18,21)/t12-,13-,15+,16-/m1/s1. The molecule has 0 unspecified atom stereocenters. The Morgan fingerprint density at radius 3 is 2.76 bits per heavy atom. The lowest BCUT2D eigenvalue weighted by molar-refractivity contribution is -0.209. The van der Waals surface area contributed by atoms with Gasteiger partial charge in [0.25, 0.3) is 0 Å². The zero-order chi connectivity index (χ0) is 18.1. The van der Waals surface area contributed by atoms with Crippen LogP contribution in [0.2, 0.25) is 0 Å². The molecule has 134 valence electrons. The van der Waals surface area contributed by atoms with Crippen LogP contribution >= 0.6 is 0 Å². The van der Waals surface area contributed by atoms with Crippen molar-refractivity contribution in [2.75, 3.05) is 7.11 Å². The number of amides is 1. The number of methoxy groups -OCH3 is 1. The van der Waals surface area contributed by atoms with Gasteiger partial charge in [-0.3, -0.25) is 4.79 Å². The molecule has 1 fully saturated rings. The van der Waals surface area contributed by atoms with Gasteiger partial charge in [-0.25, -0.2) is 4.79 Å². The highest BCUT2D eigenvalue weighted by Crippen LogP contribution is 2.33. The zero-order valence-electron chi connectivity index (χ0n) is 13.7. The van der Waals surface area contributed by atoms with Crippen LogP contribution in [0, 0.1) is 0 Å². The molecule has 0 radical (unpaired) electrons. The van der Waals surface area contributed by atoms with Crippen molar-refractivity contribution < 1.29 is 29.3 Å². The fourth-order valence-corrected chi connectivity index (χ4v) is 3.18. The van der Waals surface area contributed by atoms with Crippen LogP contribution in [0.5, 0.6) is 0 Å². The minimum absolute atomic E-state index is 0.0271. The number of primary amides is 1. The Morgan fingerprint density at radius 2 is 2.08 bits per heavy atom. The lowest BCUT2D eigenvalue weighted by Gasteiger charge is -2.36. The number of nitrogens with zero attached hydrogens (tertiary/aromatic N) is 1. The molecule has 0 spiro atoms. The fourth-order valence-electron chi connectivity index (χ4n) is 3.18. The van der Waals surface area contributed by atoms with Gasteiger partial charge in [0.1, 0.15) is 6.10 Å². The second kappa shape index (κ2) is 6.83. The van der Waals surface area contributed by atoms with Gasteiger partial charge in [0, 0.05) is 18.0 Å². The summed E-state index contributed by atoms with van der Waals surface area (Å²) in [5, 5.41) is 21.3. The van der Waals surface area contributed by atoms with Gasteiger partial charge in [-0.15, -0.1) is 0 Å². The minimum atomic E-state index is -1.24. The molecule has 0 aliphatic carbocycles. The first-order valence-electron chi connectivity index (χ1n) is 7.88. The van der Waals surface area contributed by atoms with Gasteiger partial charge in [0.15, 0.2) is 12.3 Å². The maximum absolute atomic E-state index is 11.8. The molecule has 8 heteroatoms. The van der Waals surface area contributed by atoms with E-state index in [2.05, 4.69) is 4.74 Å². The molecule has 3 rings (SSSR count). The van der Waals surface area contributed by atoms with Crippen LogP contribution in [0.25, 0.3) is 10.9 Å². The van der Waals surface area contributed by atoms with Crippen LogP contribution in [0.15, 0.2) is 30.5 Å². The number of carbonyl (C=O) groups is 2. The van der Waals surface area contributed by atoms with E-state index in [1.54, 1.807) is 22.9 Å². The van der Waals surface area contributed by atoms with Crippen LogP contribution in [0.1, 0.15) is 18.2 Å². The highest BCUT2D eigenvalue weighted by molar-refractivity contribution is 5.89. The van der Waals surface area contributed by atoms with E-state index in [1.165, 1.54) is 7.11 Å². The van der Waals surface area contributed by atoms with Crippen molar-refractivity contribution >= 4 is 22.8 Å². The molecule has 2 aromatic rings. The van der Waals surface area contributed by atoms with Gasteiger partial charge in [0.2, 0.25) is 5.91 Å². The van der Waals surface area contributed by atoms with Gasteiger partial charge in [0.05, 0.1) is 25.2 Å². The summed E-state index contributed by atoms with van der Waals surface area (Å²) < 4.78 is 12.0. The number of carbonyl (C=O) groups excluding carboxylic acids is 2. The first-order chi connectivity index (χ1) is 11.9. The van der Waals surface area contributed by atoms with E-state index in [4.69, 9.17) is 10.5 Å². The van der Waals surface area contributed by atoms with E-state index in [9.17, 15) is 19.8 Å². The number of aromatic nitrogens is 1. The van der Waals surface area contributed by atoms with E-state index in [0.29, 0.717) is 11.1 Å². The van der Waals surface area contributed by atoms with Gasteiger partial charge in [-0.2, -0.15) is 0 Å². The van der Waals surface area contributed by atoms with E-state index >= 15 is 0 Å². The quantitative estimate of drug-likeness (QED) is 0.660. The number of aliphatic hydroxyl groups is 2. The number of rotatable bonds is 4. The second-order valence-electron chi connectivity index (χ2n) is 6.05. The molecule has 4 N–H and O–H groups in total. The predicted octanol–water partition coefficient (Wildman–Crippen LogP) is -0.149. The normalized spacial score (nSPS) is 26.5. The van der Waals surface area contributed by atoms with Crippen molar-refractivity contribution in [1.29, 1.82) is 0 Å². The number of fused-ring (bicyclic) bond motifs is 1. The third kappa shape index (κ3) is 3.23.